The molecule has 0 saturated carbocycles. The summed E-state index contributed by atoms with van der Waals surface area (Å²) in [7, 11) is 0. The molecule has 1 aliphatic rings. The van der Waals surface area contributed by atoms with Gasteiger partial charge in [0.2, 0.25) is 0 Å². The zero-order chi connectivity index (χ0) is 6.10. The molecule has 0 amide bonds. The molecule has 0 bridgehead atoms. The van der Waals surface area contributed by atoms with E-state index in [0.29, 0.717) is 0 Å². The Kier molecular flexibility index (Phi) is 1.02. The van der Waals surface area contributed by atoms with Crippen molar-refractivity contribution in [1.82, 2.24) is 14.9 Å². The molecule has 0 spiro atoms. The minimum atomic E-state index is 0.941. The number of hydrogen-bond acceptors (Lipinski definition) is 2. The van der Waals surface area contributed by atoms with Crippen LogP contribution in [0.4, 0.5) is 0 Å². The quantitative estimate of drug-likeness (QED) is 0.516. The molecule has 2 heterocycles. The van der Waals surface area contributed by atoms with Gasteiger partial charge in [-0.25, -0.2) is 4.98 Å². The number of imidazole rings is 1. The van der Waals surface area contributed by atoms with E-state index >= 15 is 0 Å². The highest BCUT2D eigenvalue weighted by Crippen LogP contribution is 2.00. The molecule has 1 aromatic rings. The van der Waals surface area contributed by atoms with Gasteiger partial charge in [0, 0.05) is 19.6 Å². The summed E-state index contributed by atoms with van der Waals surface area (Å²) in [6.45, 7) is 2.99. The van der Waals surface area contributed by atoms with Crippen molar-refractivity contribution in [3.8, 4) is 0 Å². The Labute approximate surface area is 53.7 Å². The lowest BCUT2D eigenvalue weighted by Gasteiger charge is -2.13. The van der Waals surface area contributed by atoms with E-state index in [-0.39, 0.29) is 0 Å². The number of aromatic nitrogens is 2. The number of hydrogen-bond donors (Lipinski definition) is 1. The van der Waals surface area contributed by atoms with Crippen molar-refractivity contribution in [1.29, 1.82) is 0 Å². The molecule has 0 saturated heterocycles. The maximum Gasteiger partial charge on any atom is 0.176 e. The Hall–Kier alpha value is -0.830. The molecule has 1 N–H and O–H groups in total. The second kappa shape index (κ2) is 1.84. The van der Waals surface area contributed by atoms with Crippen molar-refractivity contribution >= 4 is 0 Å². The zero-order valence-electron chi connectivity index (χ0n) is 5.09. The predicted octanol–water partition coefficient (Wildman–Crippen LogP) is -0.214. The molecule has 0 fully saturated rings. The third-order valence-corrected chi connectivity index (χ3v) is 1.56. The standard InChI is InChI=1S/C6H8N3/c1-2-9-5-8-4-6(9)3-7-1/h4,7H,1-3H2. The normalized spacial score (nSPS) is 17.3. The molecule has 0 atom stereocenters. The number of nitrogens with one attached hydrogen (secondary N) is 1. The maximum absolute atomic E-state index is 3.90. The van der Waals surface area contributed by atoms with Crippen LogP contribution >= 0.6 is 0 Å². The second-order valence-electron chi connectivity index (χ2n) is 2.18. The van der Waals surface area contributed by atoms with Crippen molar-refractivity contribution in [2.75, 3.05) is 6.54 Å². The average molecular weight is 122 g/mol. The van der Waals surface area contributed by atoms with Gasteiger partial charge in [-0.05, 0) is 0 Å². The Morgan fingerprint density at radius 3 is 3.67 bits per heavy atom. The van der Waals surface area contributed by atoms with Crippen LogP contribution in [0.1, 0.15) is 5.69 Å². The third kappa shape index (κ3) is 0.733. The van der Waals surface area contributed by atoms with E-state index in [4.69, 9.17) is 0 Å². The van der Waals surface area contributed by atoms with E-state index in [1.807, 2.05) is 6.20 Å². The molecule has 3 heteroatoms. The van der Waals surface area contributed by atoms with Gasteiger partial charge in [0.1, 0.15) is 0 Å². The lowest BCUT2D eigenvalue weighted by molar-refractivity contribution is 0.514. The smallest absolute Gasteiger partial charge is 0.176 e. The van der Waals surface area contributed by atoms with Crippen LogP contribution < -0.4 is 5.32 Å². The molecule has 0 aromatic carbocycles. The van der Waals surface area contributed by atoms with Gasteiger partial charge in [0.15, 0.2) is 6.33 Å². The lowest BCUT2D eigenvalue weighted by atomic mass is 10.4. The summed E-state index contributed by atoms with van der Waals surface area (Å²) in [6.07, 6.45) is 4.74. The fourth-order valence-corrected chi connectivity index (χ4v) is 1.05. The summed E-state index contributed by atoms with van der Waals surface area (Å²) in [5.41, 5.74) is 1.24. The first-order valence-electron chi connectivity index (χ1n) is 3.09. The first-order valence-corrected chi connectivity index (χ1v) is 3.09. The topological polar surface area (TPSA) is 29.9 Å². The van der Waals surface area contributed by atoms with Crippen LogP contribution in [0.3, 0.4) is 0 Å². The van der Waals surface area contributed by atoms with Crippen molar-refractivity contribution < 1.29 is 0 Å². The van der Waals surface area contributed by atoms with Crippen LogP contribution in [0.25, 0.3) is 0 Å². The summed E-state index contributed by atoms with van der Waals surface area (Å²) in [5.74, 6) is 0. The SMILES string of the molecule is [c]1ncc2n1CCNC2. The molecule has 2 rings (SSSR count). The van der Waals surface area contributed by atoms with Crippen LogP contribution in [-0.4, -0.2) is 16.1 Å². The molecular formula is C6H8N3. The molecule has 3 nitrogen and oxygen atoms in total. The van der Waals surface area contributed by atoms with Crippen LogP contribution in [0.2, 0.25) is 0 Å². The Bertz CT molecular complexity index is 183. The highest BCUT2D eigenvalue weighted by molar-refractivity contribution is 4.99. The molecular weight excluding hydrogens is 114 g/mol. The fourth-order valence-electron chi connectivity index (χ4n) is 1.05. The van der Waals surface area contributed by atoms with Gasteiger partial charge in [0.25, 0.3) is 0 Å². The summed E-state index contributed by atoms with van der Waals surface area (Å²) in [5, 5.41) is 3.25. The number of fused-ring (bicyclic) bond motifs is 1. The molecule has 1 radical (unpaired) electrons. The number of rotatable bonds is 0. The van der Waals surface area contributed by atoms with E-state index in [9.17, 15) is 0 Å². The van der Waals surface area contributed by atoms with Crippen molar-refractivity contribution in [2.45, 2.75) is 13.1 Å². The van der Waals surface area contributed by atoms with Crippen LogP contribution in [-0.2, 0) is 13.1 Å². The van der Waals surface area contributed by atoms with Gasteiger partial charge in [-0.15, -0.1) is 0 Å². The molecule has 0 aliphatic carbocycles. The van der Waals surface area contributed by atoms with Gasteiger partial charge in [-0.1, -0.05) is 0 Å². The fraction of sp³-hybridized carbons (Fsp3) is 0.500. The van der Waals surface area contributed by atoms with E-state index in [0.717, 1.165) is 19.6 Å². The van der Waals surface area contributed by atoms with Crippen LogP contribution in [0.5, 0.6) is 0 Å². The summed E-state index contributed by atoms with van der Waals surface area (Å²) in [4.78, 5) is 3.90. The number of nitrogens with zero attached hydrogens (tertiary/aromatic N) is 2. The second-order valence-corrected chi connectivity index (χ2v) is 2.18. The summed E-state index contributed by atoms with van der Waals surface area (Å²) < 4.78 is 2.05. The lowest BCUT2D eigenvalue weighted by Crippen LogP contribution is -2.27. The molecule has 47 valence electrons. The molecule has 1 aromatic heterocycles. The highest BCUT2D eigenvalue weighted by atomic mass is 15.1. The largest absolute Gasteiger partial charge is 0.323 e. The van der Waals surface area contributed by atoms with Crippen molar-refractivity contribution in [3.05, 3.63) is 18.2 Å². The van der Waals surface area contributed by atoms with E-state index in [2.05, 4.69) is 21.2 Å². The minimum Gasteiger partial charge on any atom is -0.323 e. The Morgan fingerprint density at radius 1 is 1.78 bits per heavy atom. The maximum atomic E-state index is 3.90. The third-order valence-electron chi connectivity index (χ3n) is 1.56. The predicted molar refractivity (Wildman–Crippen MR) is 32.8 cm³/mol. The monoisotopic (exact) mass is 122 g/mol. The van der Waals surface area contributed by atoms with Gasteiger partial charge >= 0.3 is 0 Å². The van der Waals surface area contributed by atoms with Gasteiger partial charge in [-0.3, -0.25) is 0 Å². The van der Waals surface area contributed by atoms with Gasteiger partial charge < -0.3 is 9.88 Å². The average Bonchev–Trinajstić information content (AvgIpc) is 2.33. The molecule has 1 aliphatic heterocycles. The minimum absolute atomic E-state index is 0.941. The van der Waals surface area contributed by atoms with E-state index in [1.165, 1.54) is 5.69 Å². The van der Waals surface area contributed by atoms with Crippen LogP contribution in [0, 0.1) is 6.33 Å². The van der Waals surface area contributed by atoms with Crippen molar-refractivity contribution in [2.24, 2.45) is 0 Å². The highest BCUT2D eigenvalue weighted by Gasteiger charge is 2.05. The Balaban J connectivity index is 2.39. The molecule has 9 heavy (non-hydrogen) atoms. The van der Waals surface area contributed by atoms with E-state index < -0.39 is 0 Å². The van der Waals surface area contributed by atoms with Gasteiger partial charge in [0.05, 0.1) is 11.9 Å². The summed E-state index contributed by atoms with van der Waals surface area (Å²) in [6, 6.07) is 0. The first-order chi connectivity index (χ1) is 4.47. The van der Waals surface area contributed by atoms with Crippen LogP contribution in [0.15, 0.2) is 6.20 Å². The van der Waals surface area contributed by atoms with E-state index in [1.54, 1.807) is 0 Å². The van der Waals surface area contributed by atoms with Crippen molar-refractivity contribution in [3.63, 3.8) is 0 Å². The Morgan fingerprint density at radius 2 is 2.78 bits per heavy atom. The van der Waals surface area contributed by atoms with Gasteiger partial charge in [-0.2, -0.15) is 0 Å². The summed E-state index contributed by atoms with van der Waals surface area (Å²) >= 11 is 0. The zero-order valence-corrected chi connectivity index (χ0v) is 5.09. The molecule has 0 unspecified atom stereocenters. The first kappa shape index (κ1) is 4.99.